The summed E-state index contributed by atoms with van der Waals surface area (Å²) >= 11 is 0. The number of hydrogen-bond acceptors (Lipinski definition) is 10. The number of rotatable bonds is 24. The summed E-state index contributed by atoms with van der Waals surface area (Å²) in [6.07, 6.45) is 2.06. The van der Waals surface area contributed by atoms with E-state index >= 15 is 0 Å². The van der Waals surface area contributed by atoms with Gasteiger partial charge in [-0.25, -0.2) is 14.4 Å². The van der Waals surface area contributed by atoms with Gasteiger partial charge in [0.05, 0.1) is 26.7 Å². The predicted molar refractivity (Wildman–Crippen MR) is 143 cm³/mol. The fourth-order valence-electron chi connectivity index (χ4n) is 3.48. The Kier molecular flexibility index (Phi) is 21.7. The Morgan fingerprint density at radius 3 is 1.69 bits per heavy atom. The van der Waals surface area contributed by atoms with E-state index in [1.165, 1.54) is 11.4 Å². The molecule has 0 fully saturated rings. The zero-order valence-corrected chi connectivity index (χ0v) is 24.7. The van der Waals surface area contributed by atoms with Crippen molar-refractivity contribution in [1.29, 1.82) is 0 Å². The zero-order chi connectivity index (χ0) is 27.1. The van der Waals surface area contributed by atoms with Crippen LogP contribution in [0, 0.1) is 0 Å². The second-order valence-electron chi connectivity index (χ2n) is 8.15. The molecule has 0 aliphatic heterocycles. The molecular formula is C24H44N2O8Si2. The smallest absolute Gasteiger partial charge is 0.374 e. The Morgan fingerprint density at radius 1 is 0.806 bits per heavy atom. The lowest BCUT2D eigenvalue weighted by Gasteiger charge is -2.29. The lowest BCUT2D eigenvalue weighted by atomic mass is 10.3. The number of ether oxygens (including phenoxy) is 2. The lowest BCUT2D eigenvalue weighted by molar-refractivity contribution is -0.0219. The number of allylic oxidation sites excluding steroid dienone is 1. The van der Waals surface area contributed by atoms with Gasteiger partial charge in [-0.05, 0) is 72.1 Å². The molecule has 0 rings (SSSR count). The highest BCUT2D eigenvalue weighted by molar-refractivity contribution is 6.79. The van der Waals surface area contributed by atoms with Crippen LogP contribution in [0.5, 0.6) is 0 Å². The largest absolute Gasteiger partial charge is 0.500 e. The van der Waals surface area contributed by atoms with E-state index in [0.717, 1.165) is 19.0 Å². The van der Waals surface area contributed by atoms with Crippen molar-refractivity contribution in [1.82, 2.24) is 9.80 Å². The van der Waals surface area contributed by atoms with Gasteiger partial charge in [-0.2, -0.15) is 0 Å². The molecule has 0 aromatic heterocycles. The number of carbonyl (C=O) groups excluding carboxylic acids is 3. The minimum Gasteiger partial charge on any atom is -0.374 e. The van der Waals surface area contributed by atoms with Gasteiger partial charge in [0.2, 0.25) is 0 Å². The maximum atomic E-state index is 11.2. The third-order valence-corrected chi connectivity index (χ3v) is 10.5. The normalized spacial score (nSPS) is 12.2. The van der Waals surface area contributed by atoms with Crippen LogP contribution >= 0.6 is 0 Å². The molecule has 0 aliphatic rings. The summed E-state index contributed by atoms with van der Waals surface area (Å²) in [4.78, 5) is 36.4. The first kappa shape index (κ1) is 34.5. The summed E-state index contributed by atoms with van der Waals surface area (Å²) in [6.45, 7) is 11.0. The molecule has 0 N–H and O–H groups in total. The first-order valence-corrected chi connectivity index (χ1v) is 16.4. The summed E-state index contributed by atoms with van der Waals surface area (Å²) in [5.41, 5.74) is 2.51. The van der Waals surface area contributed by atoms with Gasteiger partial charge in [-0.1, -0.05) is 0 Å². The fourth-order valence-corrected chi connectivity index (χ4v) is 7.53. The minimum atomic E-state index is -2.60. The minimum absolute atomic E-state index is 0.432. The molecule has 0 aliphatic carbocycles. The van der Waals surface area contributed by atoms with Gasteiger partial charge in [0.15, 0.2) is 8.80 Å². The van der Waals surface area contributed by atoms with Gasteiger partial charge in [0, 0.05) is 37.6 Å². The van der Waals surface area contributed by atoms with Crippen LogP contribution in [0.25, 0.3) is 0 Å². The molecule has 0 amide bonds. The molecule has 0 bridgehead atoms. The van der Waals surface area contributed by atoms with E-state index in [9.17, 15) is 14.4 Å². The van der Waals surface area contributed by atoms with Gasteiger partial charge < -0.3 is 22.8 Å². The first-order chi connectivity index (χ1) is 17.4. The van der Waals surface area contributed by atoms with Gasteiger partial charge >= 0.3 is 8.80 Å². The monoisotopic (exact) mass is 544 g/mol. The maximum Gasteiger partial charge on any atom is 0.500 e. The molecule has 0 saturated carbocycles. The summed E-state index contributed by atoms with van der Waals surface area (Å²) in [6, 6.07) is 0.775. The van der Waals surface area contributed by atoms with E-state index in [2.05, 4.69) is 4.90 Å². The Balaban J connectivity index is 4.05. The van der Waals surface area contributed by atoms with Gasteiger partial charge in [-0.3, -0.25) is 9.80 Å². The molecule has 12 heteroatoms. The molecule has 0 radical (unpaired) electrons. The van der Waals surface area contributed by atoms with Crippen molar-refractivity contribution in [3.8, 4) is 0 Å². The van der Waals surface area contributed by atoms with E-state index in [1.807, 2.05) is 45.7 Å². The Hall–Kier alpha value is -1.50. The van der Waals surface area contributed by atoms with Gasteiger partial charge in [-0.15, -0.1) is 0 Å². The molecule has 0 unspecified atom stereocenters. The van der Waals surface area contributed by atoms with Crippen LogP contribution in [0.15, 0.2) is 16.6 Å². The molecule has 0 heterocycles. The Morgan fingerprint density at radius 2 is 1.28 bits per heavy atom. The van der Waals surface area contributed by atoms with Crippen LogP contribution < -0.4 is 0 Å². The molecule has 0 aromatic rings. The van der Waals surface area contributed by atoms with E-state index in [0.29, 0.717) is 71.1 Å². The molecule has 0 spiro atoms. The van der Waals surface area contributed by atoms with Gasteiger partial charge in [0.1, 0.15) is 17.8 Å². The molecule has 36 heavy (non-hydrogen) atoms. The summed E-state index contributed by atoms with van der Waals surface area (Å²) < 4.78 is 29.0. The lowest BCUT2D eigenvalue weighted by Crippen LogP contribution is -2.46. The van der Waals surface area contributed by atoms with Crippen molar-refractivity contribution >= 4 is 35.4 Å². The van der Waals surface area contributed by atoms with Crippen LogP contribution in [0.3, 0.4) is 0 Å². The highest BCUT2D eigenvalue weighted by Gasteiger charge is 2.39. The molecule has 10 nitrogen and oxygen atoms in total. The SMILES string of the molecule is CCO[Si](CCCN(C)COCCOCN(C)CCCC(=C=O)[SiH](C=C=O)C=C=O)(OCC)OCC. The average molecular weight is 545 g/mol. The van der Waals surface area contributed by atoms with E-state index < -0.39 is 17.6 Å². The average Bonchev–Trinajstić information content (AvgIpc) is 2.84. The molecular weight excluding hydrogens is 500 g/mol. The Bertz CT molecular complexity index is 688. The fraction of sp³-hybridized carbons (Fsp3) is 0.750. The summed E-state index contributed by atoms with van der Waals surface area (Å²) in [5.74, 6) is 5.21. The third kappa shape index (κ3) is 16.3. The van der Waals surface area contributed by atoms with Crippen molar-refractivity contribution < 1.29 is 37.1 Å². The van der Waals surface area contributed by atoms with Gasteiger partial charge in [0.25, 0.3) is 0 Å². The topological polar surface area (TPSA) is 104 Å². The molecule has 206 valence electrons. The van der Waals surface area contributed by atoms with Crippen molar-refractivity contribution in [2.75, 3.05) is 73.7 Å². The second-order valence-corrected chi connectivity index (χ2v) is 13.3. The van der Waals surface area contributed by atoms with Crippen LogP contribution in [-0.4, -0.2) is 119 Å². The summed E-state index contributed by atoms with van der Waals surface area (Å²) in [5, 5.41) is 0.468. The number of hydrogen-bond donors (Lipinski definition) is 0. The first-order valence-electron chi connectivity index (χ1n) is 12.5. The van der Waals surface area contributed by atoms with E-state index in [1.54, 1.807) is 11.9 Å². The van der Waals surface area contributed by atoms with Crippen molar-refractivity contribution in [2.24, 2.45) is 0 Å². The second kappa shape index (κ2) is 22.7. The van der Waals surface area contributed by atoms with Crippen molar-refractivity contribution in [3.05, 3.63) is 16.6 Å². The van der Waals surface area contributed by atoms with Crippen LogP contribution in [0.4, 0.5) is 0 Å². The highest BCUT2D eigenvalue weighted by atomic mass is 28.4. The van der Waals surface area contributed by atoms with Crippen LogP contribution in [0.2, 0.25) is 6.04 Å². The van der Waals surface area contributed by atoms with Crippen molar-refractivity contribution in [3.63, 3.8) is 0 Å². The maximum absolute atomic E-state index is 11.2. The quantitative estimate of drug-likeness (QED) is 0.0766. The molecule has 0 saturated heterocycles. The zero-order valence-electron chi connectivity index (χ0n) is 22.6. The molecule has 0 aromatic carbocycles. The predicted octanol–water partition coefficient (Wildman–Crippen LogP) is 1.40. The Labute approximate surface area is 218 Å². The van der Waals surface area contributed by atoms with E-state index in [-0.39, 0.29) is 0 Å². The standard InChI is InChI=1S/C24H44N2O8Si2/c1-6-32-36(33-7-2,34-8-3)20-10-13-26(5)23-31-17-16-30-22-25(4)12-9-11-24(21-29)35(18-14-27)19-15-28/h18-19,35H,6-13,16-17,20,22-23H2,1-5H3. The van der Waals surface area contributed by atoms with E-state index in [4.69, 9.17) is 22.8 Å². The van der Waals surface area contributed by atoms with Crippen LogP contribution in [0.1, 0.15) is 40.0 Å². The molecule has 0 atom stereocenters. The summed E-state index contributed by atoms with van der Waals surface area (Å²) in [7, 11) is -0.850. The third-order valence-electron chi connectivity index (χ3n) is 5.13. The van der Waals surface area contributed by atoms with Crippen LogP contribution in [-0.2, 0) is 37.1 Å². The highest BCUT2D eigenvalue weighted by Crippen LogP contribution is 2.18. The van der Waals surface area contributed by atoms with Crippen molar-refractivity contribution in [2.45, 2.75) is 46.1 Å². The number of nitrogens with zero attached hydrogens (tertiary/aromatic N) is 2.